The highest BCUT2D eigenvalue weighted by Crippen LogP contribution is 2.18. The molecule has 2 aromatic heterocycles. The number of rotatable bonds is 3. The van der Waals surface area contributed by atoms with Gasteiger partial charge in [0.2, 0.25) is 5.89 Å². The van der Waals surface area contributed by atoms with E-state index in [0.29, 0.717) is 23.4 Å². The minimum atomic E-state index is 0.550. The van der Waals surface area contributed by atoms with Gasteiger partial charge in [0.1, 0.15) is 0 Å². The largest absolute Gasteiger partial charge is 0.375 e. The van der Waals surface area contributed by atoms with E-state index in [1.54, 1.807) is 0 Å². The van der Waals surface area contributed by atoms with Crippen molar-refractivity contribution in [3.63, 3.8) is 0 Å². The molecule has 96 valence electrons. The Bertz CT molecular complexity index is 517. The van der Waals surface area contributed by atoms with E-state index in [1.165, 1.54) is 30.6 Å². The van der Waals surface area contributed by atoms with Crippen LogP contribution in [0.1, 0.15) is 30.8 Å². The van der Waals surface area contributed by atoms with Crippen LogP contribution in [-0.2, 0) is 6.42 Å². The van der Waals surface area contributed by atoms with E-state index in [9.17, 15) is 0 Å². The highest BCUT2D eigenvalue weighted by molar-refractivity contribution is 7.13. The van der Waals surface area contributed by atoms with Gasteiger partial charge >= 0.3 is 0 Å². The molecule has 7 heteroatoms. The van der Waals surface area contributed by atoms with E-state index in [4.69, 9.17) is 10.3 Å². The fraction of sp³-hybridized carbons (Fsp3) is 0.545. The lowest BCUT2D eigenvalue weighted by Gasteiger charge is -2.24. The number of hydrogen-bond donors (Lipinski definition) is 1. The molecule has 0 aliphatic carbocycles. The summed E-state index contributed by atoms with van der Waals surface area (Å²) >= 11 is 1.42. The first-order valence-electron chi connectivity index (χ1n) is 6.09. The van der Waals surface area contributed by atoms with Crippen LogP contribution < -0.4 is 10.6 Å². The molecular formula is C11H15N5OS. The van der Waals surface area contributed by atoms with E-state index in [0.717, 1.165) is 18.8 Å². The molecule has 0 saturated carbocycles. The Morgan fingerprint density at radius 2 is 2.11 bits per heavy atom. The molecule has 0 radical (unpaired) electrons. The molecule has 1 saturated heterocycles. The number of piperidine rings is 1. The maximum atomic E-state index is 5.59. The second-order valence-corrected chi connectivity index (χ2v) is 5.28. The van der Waals surface area contributed by atoms with Crippen LogP contribution in [0.5, 0.6) is 0 Å². The van der Waals surface area contributed by atoms with E-state index in [2.05, 4.69) is 20.0 Å². The number of anilines is 2. The molecule has 3 rings (SSSR count). The Morgan fingerprint density at radius 1 is 1.28 bits per heavy atom. The lowest BCUT2D eigenvalue weighted by Crippen LogP contribution is -2.30. The summed E-state index contributed by atoms with van der Waals surface area (Å²) in [6.45, 7) is 2.03. The van der Waals surface area contributed by atoms with Crippen LogP contribution in [0.15, 0.2) is 9.90 Å². The second-order valence-electron chi connectivity index (χ2n) is 4.39. The monoisotopic (exact) mass is 265 g/mol. The standard InChI is InChI=1S/C11H15N5OS/c12-10-13-8(7-18-10)6-9-14-11(15-17-9)16-4-2-1-3-5-16/h7H,1-6H2,(H2,12,13). The fourth-order valence-electron chi connectivity index (χ4n) is 2.10. The molecule has 0 spiro atoms. The minimum absolute atomic E-state index is 0.550. The molecule has 0 aromatic carbocycles. The van der Waals surface area contributed by atoms with E-state index < -0.39 is 0 Å². The van der Waals surface area contributed by atoms with Gasteiger partial charge in [0, 0.05) is 18.5 Å². The van der Waals surface area contributed by atoms with Crippen molar-refractivity contribution in [3.05, 3.63) is 17.0 Å². The zero-order chi connectivity index (χ0) is 12.4. The highest BCUT2D eigenvalue weighted by atomic mass is 32.1. The van der Waals surface area contributed by atoms with Gasteiger partial charge in [0.05, 0.1) is 12.1 Å². The molecule has 1 aliphatic rings. The zero-order valence-corrected chi connectivity index (χ0v) is 10.8. The Morgan fingerprint density at radius 3 is 2.83 bits per heavy atom. The van der Waals surface area contributed by atoms with Gasteiger partial charge in [-0.1, -0.05) is 0 Å². The fourth-order valence-corrected chi connectivity index (χ4v) is 2.66. The third kappa shape index (κ3) is 2.45. The normalized spacial score (nSPS) is 16.1. The smallest absolute Gasteiger partial charge is 0.266 e. The summed E-state index contributed by atoms with van der Waals surface area (Å²) in [7, 11) is 0. The van der Waals surface area contributed by atoms with Crippen LogP contribution in [0.4, 0.5) is 11.1 Å². The lowest BCUT2D eigenvalue weighted by molar-refractivity contribution is 0.382. The number of hydrogen-bond acceptors (Lipinski definition) is 7. The molecule has 3 heterocycles. The minimum Gasteiger partial charge on any atom is -0.375 e. The summed E-state index contributed by atoms with van der Waals surface area (Å²) < 4.78 is 5.25. The van der Waals surface area contributed by atoms with Gasteiger partial charge in [-0.25, -0.2) is 4.98 Å². The molecule has 6 nitrogen and oxygen atoms in total. The predicted molar refractivity (Wildman–Crippen MR) is 69.7 cm³/mol. The number of nitrogens with zero attached hydrogens (tertiary/aromatic N) is 4. The van der Waals surface area contributed by atoms with Crippen molar-refractivity contribution in [1.29, 1.82) is 0 Å². The van der Waals surface area contributed by atoms with Crippen molar-refractivity contribution in [1.82, 2.24) is 15.1 Å². The third-order valence-corrected chi connectivity index (χ3v) is 3.72. The van der Waals surface area contributed by atoms with Gasteiger partial charge in [-0.05, 0) is 24.4 Å². The van der Waals surface area contributed by atoms with E-state index in [1.807, 2.05) is 5.38 Å². The first-order chi connectivity index (χ1) is 8.81. The summed E-state index contributed by atoms with van der Waals surface area (Å²) in [5.41, 5.74) is 6.47. The van der Waals surface area contributed by atoms with Crippen LogP contribution in [0.3, 0.4) is 0 Å². The van der Waals surface area contributed by atoms with Crippen molar-refractivity contribution < 1.29 is 4.52 Å². The molecule has 0 unspecified atom stereocenters. The van der Waals surface area contributed by atoms with Gasteiger partial charge in [-0.15, -0.1) is 11.3 Å². The number of nitrogens with two attached hydrogens (primary N) is 1. The Balaban J connectivity index is 1.69. The highest BCUT2D eigenvalue weighted by Gasteiger charge is 2.17. The van der Waals surface area contributed by atoms with E-state index in [-0.39, 0.29) is 0 Å². The van der Waals surface area contributed by atoms with Crippen molar-refractivity contribution in [2.24, 2.45) is 0 Å². The molecule has 0 atom stereocenters. The van der Waals surface area contributed by atoms with Crippen LogP contribution in [0.2, 0.25) is 0 Å². The molecule has 2 N–H and O–H groups in total. The van der Waals surface area contributed by atoms with Crippen molar-refractivity contribution in [2.75, 3.05) is 23.7 Å². The van der Waals surface area contributed by atoms with Gasteiger partial charge in [-0.2, -0.15) is 4.98 Å². The Hall–Kier alpha value is -1.63. The maximum absolute atomic E-state index is 5.59. The first kappa shape index (κ1) is 11.5. The van der Waals surface area contributed by atoms with Crippen LogP contribution in [0.25, 0.3) is 0 Å². The summed E-state index contributed by atoms with van der Waals surface area (Å²) in [6.07, 6.45) is 4.24. The van der Waals surface area contributed by atoms with Gasteiger partial charge < -0.3 is 15.2 Å². The Kier molecular flexibility index (Phi) is 3.14. The maximum Gasteiger partial charge on any atom is 0.266 e. The number of nitrogen functional groups attached to an aromatic ring is 1. The quantitative estimate of drug-likeness (QED) is 0.909. The number of thiazole rings is 1. The molecule has 0 bridgehead atoms. The molecule has 2 aromatic rings. The number of aromatic nitrogens is 3. The molecule has 18 heavy (non-hydrogen) atoms. The lowest BCUT2D eigenvalue weighted by atomic mass is 10.1. The van der Waals surface area contributed by atoms with Crippen molar-refractivity contribution in [3.8, 4) is 0 Å². The average Bonchev–Trinajstić information content (AvgIpc) is 3.01. The van der Waals surface area contributed by atoms with Crippen molar-refractivity contribution >= 4 is 22.4 Å². The third-order valence-electron chi connectivity index (χ3n) is 3.00. The van der Waals surface area contributed by atoms with Crippen LogP contribution in [-0.4, -0.2) is 28.2 Å². The summed E-state index contributed by atoms with van der Waals surface area (Å²) in [6, 6.07) is 0. The SMILES string of the molecule is Nc1nc(Cc2nc(N3CCCCC3)no2)cs1. The molecular weight excluding hydrogens is 250 g/mol. The van der Waals surface area contributed by atoms with Crippen molar-refractivity contribution in [2.45, 2.75) is 25.7 Å². The topological polar surface area (TPSA) is 81.1 Å². The van der Waals surface area contributed by atoms with Gasteiger partial charge in [0.15, 0.2) is 5.13 Å². The summed E-state index contributed by atoms with van der Waals surface area (Å²) in [4.78, 5) is 10.8. The van der Waals surface area contributed by atoms with E-state index >= 15 is 0 Å². The molecule has 1 aliphatic heterocycles. The summed E-state index contributed by atoms with van der Waals surface area (Å²) in [5, 5.41) is 6.51. The molecule has 1 fully saturated rings. The van der Waals surface area contributed by atoms with Crippen LogP contribution in [0, 0.1) is 0 Å². The second kappa shape index (κ2) is 4.93. The predicted octanol–water partition coefficient (Wildman–Crippen LogP) is 1.69. The zero-order valence-electron chi connectivity index (χ0n) is 10.0. The summed E-state index contributed by atoms with van der Waals surface area (Å²) in [5.74, 6) is 1.30. The average molecular weight is 265 g/mol. The molecule has 0 amide bonds. The van der Waals surface area contributed by atoms with Gasteiger partial charge in [-0.3, -0.25) is 0 Å². The van der Waals surface area contributed by atoms with Gasteiger partial charge in [0.25, 0.3) is 5.95 Å². The Labute approximate surface area is 109 Å². The first-order valence-corrected chi connectivity index (χ1v) is 6.96. The van der Waals surface area contributed by atoms with Crippen LogP contribution >= 0.6 is 11.3 Å².